The first-order chi connectivity index (χ1) is 11.0. The molecule has 0 saturated carbocycles. The number of rotatable bonds is 6. The summed E-state index contributed by atoms with van der Waals surface area (Å²) in [6.45, 7) is 4.02. The van der Waals surface area contributed by atoms with E-state index in [1.54, 1.807) is 25.0 Å². The Bertz CT molecular complexity index is 707. The molecule has 1 N–H and O–H groups in total. The van der Waals surface area contributed by atoms with Crippen molar-refractivity contribution in [3.63, 3.8) is 0 Å². The summed E-state index contributed by atoms with van der Waals surface area (Å²) in [6, 6.07) is 5.46. The van der Waals surface area contributed by atoms with Gasteiger partial charge in [0.15, 0.2) is 11.5 Å². The van der Waals surface area contributed by atoms with Gasteiger partial charge in [0.1, 0.15) is 5.82 Å². The summed E-state index contributed by atoms with van der Waals surface area (Å²) in [4.78, 5) is 12.3. The van der Waals surface area contributed by atoms with Crippen molar-refractivity contribution in [3.8, 4) is 11.5 Å². The number of nitrogens with one attached hydrogen (secondary N) is 1. The summed E-state index contributed by atoms with van der Waals surface area (Å²) < 4.78 is 12.2. The SMILES string of the molecule is CCc1nn(C)c(NC(=O)Cc2ccc(OC)c(OC)c2)c1C. The topological polar surface area (TPSA) is 65.4 Å². The van der Waals surface area contributed by atoms with Crippen molar-refractivity contribution in [1.82, 2.24) is 9.78 Å². The third-order valence-electron chi connectivity index (χ3n) is 3.79. The van der Waals surface area contributed by atoms with Gasteiger partial charge in [0.25, 0.3) is 0 Å². The van der Waals surface area contributed by atoms with E-state index in [-0.39, 0.29) is 12.3 Å². The van der Waals surface area contributed by atoms with E-state index in [1.165, 1.54) is 0 Å². The lowest BCUT2D eigenvalue weighted by atomic mass is 10.1. The minimum Gasteiger partial charge on any atom is -0.493 e. The largest absolute Gasteiger partial charge is 0.493 e. The van der Waals surface area contributed by atoms with Gasteiger partial charge in [-0.2, -0.15) is 5.10 Å². The molecule has 0 unspecified atom stereocenters. The van der Waals surface area contributed by atoms with E-state index in [2.05, 4.69) is 10.4 Å². The van der Waals surface area contributed by atoms with Crippen molar-refractivity contribution in [3.05, 3.63) is 35.0 Å². The highest BCUT2D eigenvalue weighted by Gasteiger charge is 2.14. The summed E-state index contributed by atoms with van der Waals surface area (Å²) in [6.07, 6.45) is 1.09. The number of carbonyl (C=O) groups excluding carboxylic acids is 1. The molecule has 0 atom stereocenters. The molecule has 0 spiro atoms. The van der Waals surface area contributed by atoms with Crippen LogP contribution in [0, 0.1) is 6.92 Å². The average Bonchev–Trinajstić information content (AvgIpc) is 2.82. The van der Waals surface area contributed by atoms with Crippen LogP contribution < -0.4 is 14.8 Å². The number of amides is 1. The van der Waals surface area contributed by atoms with E-state index >= 15 is 0 Å². The summed E-state index contributed by atoms with van der Waals surface area (Å²) in [7, 11) is 4.99. The standard InChI is InChI=1S/C17H23N3O3/c1-6-13-11(2)17(20(3)19-13)18-16(21)10-12-7-8-14(22-4)15(9-12)23-5/h7-9H,6,10H2,1-5H3,(H,18,21). The van der Waals surface area contributed by atoms with Crippen LogP contribution in [0.3, 0.4) is 0 Å². The molecular weight excluding hydrogens is 294 g/mol. The normalized spacial score (nSPS) is 10.5. The lowest BCUT2D eigenvalue weighted by molar-refractivity contribution is -0.115. The number of aryl methyl sites for hydroxylation is 2. The first-order valence-electron chi connectivity index (χ1n) is 7.53. The summed E-state index contributed by atoms with van der Waals surface area (Å²) in [5.74, 6) is 1.91. The zero-order valence-electron chi connectivity index (χ0n) is 14.3. The molecule has 1 heterocycles. The van der Waals surface area contributed by atoms with Crippen molar-refractivity contribution in [1.29, 1.82) is 0 Å². The molecule has 0 saturated heterocycles. The lowest BCUT2D eigenvalue weighted by Gasteiger charge is -2.10. The molecule has 1 aromatic heterocycles. The first kappa shape index (κ1) is 16.9. The van der Waals surface area contributed by atoms with Gasteiger partial charge in [-0.25, -0.2) is 0 Å². The predicted octanol–water partition coefficient (Wildman–Crippen LogP) is 2.49. The number of benzene rings is 1. The Morgan fingerprint density at radius 1 is 1.26 bits per heavy atom. The van der Waals surface area contributed by atoms with Gasteiger partial charge in [-0.3, -0.25) is 9.48 Å². The third kappa shape index (κ3) is 3.64. The molecule has 0 aliphatic carbocycles. The Labute approximate surface area is 136 Å². The van der Waals surface area contributed by atoms with Crippen LogP contribution in [0.25, 0.3) is 0 Å². The maximum atomic E-state index is 12.3. The Morgan fingerprint density at radius 3 is 2.52 bits per heavy atom. The molecule has 2 rings (SSSR count). The molecule has 0 radical (unpaired) electrons. The molecule has 6 nitrogen and oxygen atoms in total. The van der Waals surface area contributed by atoms with Crippen LogP contribution >= 0.6 is 0 Å². The van der Waals surface area contributed by atoms with Crippen LogP contribution in [0.1, 0.15) is 23.7 Å². The number of aromatic nitrogens is 2. The quantitative estimate of drug-likeness (QED) is 0.889. The minimum absolute atomic E-state index is 0.0917. The lowest BCUT2D eigenvalue weighted by Crippen LogP contribution is -2.17. The number of carbonyl (C=O) groups is 1. The van der Waals surface area contributed by atoms with Gasteiger partial charge >= 0.3 is 0 Å². The van der Waals surface area contributed by atoms with Gasteiger partial charge in [0.05, 0.1) is 26.3 Å². The van der Waals surface area contributed by atoms with E-state index < -0.39 is 0 Å². The van der Waals surface area contributed by atoms with Crippen molar-refractivity contribution in [2.75, 3.05) is 19.5 Å². The zero-order valence-corrected chi connectivity index (χ0v) is 14.3. The molecule has 1 aromatic carbocycles. The maximum absolute atomic E-state index is 12.3. The molecule has 6 heteroatoms. The Hall–Kier alpha value is -2.50. The van der Waals surface area contributed by atoms with Crippen molar-refractivity contribution < 1.29 is 14.3 Å². The predicted molar refractivity (Wildman–Crippen MR) is 89.2 cm³/mol. The average molecular weight is 317 g/mol. The molecular formula is C17H23N3O3. The molecule has 0 bridgehead atoms. The van der Waals surface area contributed by atoms with Crippen molar-refractivity contribution >= 4 is 11.7 Å². The second-order valence-corrected chi connectivity index (χ2v) is 5.31. The monoisotopic (exact) mass is 317 g/mol. The Morgan fingerprint density at radius 2 is 1.96 bits per heavy atom. The van der Waals surface area contributed by atoms with Crippen LogP contribution in [-0.2, 0) is 24.7 Å². The number of methoxy groups -OCH3 is 2. The van der Waals surface area contributed by atoms with Crippen LogP contribution in [0.2, 0.25) is 0 Å². The van der Waals surface area contributed by atoms with Gasteiger partial charge in [-0.1, -0.05) is 13.0 Å². The summed E-state index contributed by atoms with van der Waals surface area (Å²) in [5.41, 5.74) is 2.86. The summed E-state index contributed by atoms with van der Waals surface area (Å²) in [5, 5.41) is 7.34. The zero-order chi connectivity index (χ0) is 17.0. The summed E-state index contributed by atoms with van der Waals surface area (Å²) >= 11 is 0. The second kappa shape index (κ2) is 7.17. The fourth-order valence-electron chi connectivity index (χ4n) is 2.55. The van der Waals surface area contributed by atoms with Gasteiger partial charge in [-0.15, -0.1) is 0 Å². The highest BCUT2D eigenvalue weighted by atomic mass is 16.5. The number of nitrogens with zero attached hydrogens (tertiary/aromatic N) is 2. The van der Waals surface area contributed by atoms with E-state index in [4.69, 9.17) is 9.47 Å². The molecule has 1 amide bonds. The van der Waals surface area contributed by atoms with Gasteiger partial charge < -0.3 is 14.8 Å². The van der Waals surface area contributed by atoms with Crippen molar-refractivity contribution in [2.24, 2.45) is 7.05 Å². The van der Waals surface area contributed by atoms with Gasteiger partial charge in [0, 0.05) is 12.6 Å². The molecule has 23 heavy (non-hydrogen) atoms. The molecule has 0 aliphatic rings. The number of hydrogen-bond acceptors (Lipinski definition) is 4. The van der Waals surface area contributed by atoms with Gasteiger partial charge in [0.2, 0.25) is 5.91 Å². The number of hydrogen-bond donors (Lipinski definition) is 1. The van der Waals surface area contributed by atoms with Crippen LogP contribution in [0.4, 0.5) is 5.82 Å². The first-order valence-corrected chi connectivity index (χ1v) is 7.53. The fraction of sp³-hybridized carbons (Fsp3) is 0.412. The van der Waals surface area contributed by atoms with E-state index in [1.807, 2.05) is 33.0 Å². The number of ether oxygens (including phenoxy) is 2. The van der Waals surface area contributed by atoms with E-state index in [0.29, 0.717) is 11.5 Å². The van der Waals surface area contributed by atoms with Crippen molar-refractivity contribution in [2.45, 2.75) is 26.7 Å². The van der Waals surface area contributed by atoms with Gasteiger partial charge in [-0.05, 0) is 31.0 Å². The smallest absolute Gasteiger partial charge is 0.229 e. The molecule has 124 valence electrons. The highest BCUT2D eigenvalue weighted by molar-refractivity contribution is 5.92. The van der Waals surface area contributed by atoms with Crippen LogP contribution in [0.5, 0.6) is 11.5 Å². The van der Waals surface area contributed by atoms with E-state index in [9.17, 15) is 4.79 Å². The molecule has 2 aromatic rings. The highest BCUT2D eigenvalue weighted by Crippen LogP contribution is 2.28. The molecule has 0 fully saturated rings. The minimum atomic E-state index is -0.0917. The molecule has 0 aliphatic heterocycles. The number of anilines is 1. The second-order valence-electron chi connectivity index (χ2n) is 5.31. The maximum Gasteiger partial charge on any atom is 0.229 e. The van der Waals surface area contributed by atoms with Crippen LogP contribution in [0.15, 0.2) is 18.2 Å². The Balaban J connectivity index is 2.12. The Kier molecular flexibility index (Phi) is 5.26. The fourth-order valence-corrected chi connectivity index (χ4v) is 2.55. The van der Waals surface area contributed by atoms with Crippen LogP contribution in [-0.4, -0.2) is 29.9 Å². The van der Waals surface area contributed by atoms with E-state index in [0.717, 1.165) is 29.1 Å². The third-order valence-corrected chi connectivity index (χ3v) is 3.79.